The molecule has 4 nitrogen and oxygen atoms in total. The number of carbonyl (C=O) groups is 2. The Bertz CT molecular complexity index is 537. The zero-order chi connectivity index (χ0) is 15.9. The average Bonchev–Trinajstić information content (AvgIpc) is 2.91. The van der Waals surface area contributed by atoms with Gasteiger partial charge in [0.2, 0.25) is 11.8 Å². The summed E-state index contributed by atoms with van der Waals surface area (Å²) in [5.41, 5.74) is 1.10. The number of nitrogens with zero attached hydrogens (tertiary/aromatic N) is 1. The van der Waals surface area contributed by atoms with E-state index in [4.69, 9.17) is 0 Å². The summed E-state index contributed by atoms with van der Waals surface area (Å²) < 4.78 is 0. The maximum Gasteiger partial charge on any atom is 0.243 e. The van der Waals surface area contributed by atoms with Gasteiger partial charge in [0.25, 0.3) is 0 Å². The molecule has 1 aromatic carbocycles. The molecule has 0 spiro atoms. The van der Waals surface area contributed by atoms with Gasteiger partial charge in [0.15, 0.2) is 0 Å². The zero-order valence-corrected chi connectivity index (χ0v) is 13.3. The van der Waals surface area contributed by atoms with Crippen LogP contribution in [0.5, 0.6) is 0 Å². The van der Waals surface area contributed by atoms with Crippen LogP contribution < -0.4 is 5.32 Å². The Kier molecular flexibility index (Phi) is 5.75. The van der Waals surface area contributed by atoms with Crippen molar-refractivity contribution in [1.82, 2.24) is 10.2 Å². The minimum atomic E-state index is -0.361. The van der Waals surface area contributed by atoms with Crippen LogP contribution in [0.3, 0.4) is 0 Å². The Labute approximate surface area is 132 Å². The van der Waals surface area contributed by atoms with E-state index >= 15 is 0 Å². The molecular weight excluding hydrogens is 276 g/mol. The summed E-state index contributed by atoms with van der Waals surface area (Å²) in [4.78, 5) is 26.0. The lowest BCUT2D eigenvalue weighted by molar-refractivity contribution is -0.138. The highest BCUT2D eigenvalue weighted by Gasteiger charge is 2.34. The molecule has 0 aliphatic carbocycles. The van der Waals surface area contributed by atoms with Crippen LogP contribution in [0.1, 0.15) is 32.3 Å². The molecule has 1 heterocycles. The number of likely N-dealkylation sites (tertiary alicyclic amines) is 1. The van der Waals surface area contributed by atoms with Crippen molar-refractivity contribution in [1.29, 1.82) is 0 Å². The van der Waals surface area contributed by atoms with Gasteiger partial charge in [0.05, 0.1) is 0 Å². The summed E-state index contributed by atoms with van der Waals surface area (Å²) in [6.07, 6.45) is 5.32. The fraction of sp³-hybridized carbons (Fsp3) is 0.444. The topological polar surface area (TPSA) is 49.4 Å². The quantitative estimate of drug-likeness (QED) is 0.877. The number of benzene rings is 1. The molecule has 2 rings (SSSR count). The van der Waals surface area contributed by atoms with Crippen molar-refractivity contribution < 1.29 is 9.59 Å². The molecule has 1 saturated heterocycles. The predicted octanol–water partition coefficient (Wildman–Crippen LogP) is 2.46. The largest absolute Gasteiger partial charge is 0.351 e. The number of rotatable bonds is 6. The number of carbonyl (C=O) groups excluding carboxylic acids is 2. The molecule has 1 atom stereocenters. The van der Waals surface area contributed by atoms with E-state index in [-0.39, 0.29) is 23.8 Å². The summed E-state index contributed by atoms with van der Waals surface area (Å²) in [6.45, 7) is 5.12. The van der Waals surface area contributed by atoms with Crippen molar-refractivity contribution in [3.05, 3.63) is 42.0 Å². The van der Waals surface area contributed by atoms with Crippen LogP contribution in [-0.2, 0) is 9.59 Å². The molecule has 1 aliphatic rings. The smallest absolute Gasteiger partial charge is 0.243 e. The van der Waals surface area contributed by atoms with Crippen LogP contribution in [0.15, 0.2) is 36.4 Å². The van der Waals surface area contributed by atoms with E-state index in [0.29, 0.717) is 19.5 Å². The molecule has 22 heavy (non-hydrogen) atoms. The fourth-order valence-electron chi connectivity index (χ4n) is 2.79. The number of nitrogens with one attached hydrogen (secondary N) is 1. The third-order valence-corrected chi connectivity index (χ3v) is 3.85. The van der Waals surface area contributed by atoms with Crippen LogP contribution in [0, 0.1) is 5.92 Å². The minimum Gasteiger partial charge on any atom is -0.351 e. The molecule has 1 aliphatic heterocycles. The van der Waals surface area contributed by atoms with Gasteiger partial charge in [-0.3, -0.25) is 9.59 Å². The van der Waals surface area contributed by atoms with Gasteiger partial charge in [0.1, 0.15) is 6.04 Å². The van der Waals surface area contributed by atoms with Crippen molar-refractivity contribution >= 4 is 17.9 Å². The zero-order valence-electron chi connectivity index (χ0n) is 13.3. The van der Waals surface area contributed by atoms with Crippen LogP contribution in [-0.4, -0.2) is 35.8 Å². The maximum absolute atomic E-state index is 12.4. The van der Waals surface area contributed by atoms with Gasteiger partial charge in [-0.05, 0) is 17.9 Å². The van der Waals surface area contributed by atoms with Gasteiger partial charge in [0, 0.05) is 19.5 Å². The van der Waals surface area contributed by atoms with Crippen molar-refractivity contribution in [3.63, 3.8) is 0 Å². The van der Waals surface area contributed by atoms with Gasteiger partial charge in [-0.15, -0.1) is 0 Å². The SMILES string of the molecule is CC(C)C(C(=O)NC/C=C/c1ccccc1)N1CCCC1=O. The first-order valence-corrected chi connectivity index (χ1v) is 7.88. The first-order chi connectivity index (χ1) is 10.6. The molecule has 4 heteroatoms. The van der Waals surface area contributed by atoms with Gasteiger partial charge in [-0.2, -0.15) is 0 Å². The Morgan fingerprint density at radius 3 is 2.64 bits per heavy atom. The van der Waals surface area contributed by atoms with Crippen LogP contribution in [0.25, 0.3) is 6.08 Å². The second-order valence-corrected chi connectivity index (χ2v) is 5.94. The fourth-order valence-corrected chi connectivity index (χ4v) is 2.79. The first kappa shape index (κ1) is 16.3. The highest BCUT2D eigenvalue weighted by atomic mass is 16.2. The summed E-state index contributed by atoms with van der Waals surface area (Å²) >= 11 is 0. The van der Waals surface area contributed by atoms with E-state index in [2.05, 4.69) is 5.32 Å². The van der Waals surface area contributed by atoms with E-state index in [0.717, 1.165) is 12.0 Å². The van der Waals surface area contributed by atoms with Crippen molar-refractivity contribution in [2.45, 2.75) is 32.7 Å². The number of hydrogen-bond acceptors (Lipinski definition) is 2. The van der Waals surface area contributed by atoms with Crippen LogP contribution in [0.2, 0.25) is 0 Å². The highest BCUT2D eigenvalue weighted by molar-refractivity contribution is 5.88. The molecule has 2 amide bonds. The molecule has 0 radical (unpaired) electrons. The second-order valence-electron chi connectivity index (χ2n) is 5.94. The maximum atomic E-state index is 12.4. The molecule has 0 bridgehead atoms. The van der Waals surface area contributed by atoms with Crippen LogP contribution in [0.4, 0.5) is 0 Å². The Balaban J connectivity index is 1.89. The molecule has 1 fully saturated rings. The summed E-state index contributed by atoms with van der Waals surface area (Å²) in [5, 5.41) is 2.91. The standard InChI is InChI=1S/C18H24N2O2/c1-14(2)17(20-13-7-11-16(20)21)18(22)19-12-6-10-15-8-4-3-5-9-15/h3-6,8-10,14,17H,7,11-13H2,1-2H3,(H,19,22)/b10-6+. The van der Waals surface area contributed by atoms with Gasteiger partial charge < -0.3 is 10.2 Å². The van der Waals surface area contributed by atoms with E-state index in [1.165, 1.54) is 0 Å². The third-order valence-electron chi connectivity index (χ3n) is 3.85. The van der Waals surface area contributed by atoms with Gasteiger partial charge in [-0.25, -0.2) is 0 Å². The minimum absolute atomic E-state index is 0.0667. The molecule has 0 saturated carbocycles. The van der Waals surface area contributed by atoms with Gasteiger partial charge >= 0.3 is 0 Å². The van der Waals surface area contributed by atoms with E-state index in [9.17, 15) is 9.59 Å². The Morgan fingerprint density at radius 1 is 1.32 bits per heavy atom. The molecule has 1 unspecified atom stereocenters. The molecular formula is C18H24N2O2. The van der Waals surface area contributed by atoms with E-state index in [1.54, 1.807) is 4.90 Å². The second kappa shape index (κ2) is 7.78. The van der Waals surface area contributed by atoms with Crippen molar-refractivity contribution in [2.75, 3.05) is 13.1 Å². The third kappa shape index (κ3) is 4.20. The molecule has 1 aromatic rings. The molecule has 118 valence electrons. The molecule has 1 N–H and O–H groups in total. The number of amides is 2. The predicted molar refractivity (Wildman–Crippen MR) is 88.1 cm³/mol. The summed E-state index contributed by atoms with van der Waals surface area (Å²) in [7, 11) is 0. The van der Waals surface area contributed by atoms with Crippen molar-refractivity contribution in [2.24, 2.45) is 5.92 Å². The normalized spacial score (nSPS) is 16.5. The number of hydrogen-bond donors (Lipinski definition) is 1. The lowest BCUT2D eigenvalue weighted by Crippen LogP contribution is -2.50. The highest BCUT2D eigenvalue weighted by Crippen LogP contribution is 2.19. The van der Waals surface area contributed by atoms with Crippen LogP contribution >= 0.6 is 0 Å². The lowest BCUT2D eigenvalue weighted by Gasteiger charge is -2.29. The summed E-state index contributed by atoms with van der Waals surface area (Å²) in [5.74, 6) is 0.136. The van der Waals surface area contributed by atoms with Gasteiger partial charge in [-0.1, -0.05) is 56.3 Å². The first-order valence-electron chi connectivity index (χ1n) is 7.88. The monoisotopic (exact) mass is 300 g/mol. The lowest BCUT2D eigenvalue weighted by atomic mass is 10.0. The van der Waals surface area contributed by atoms with Crippen molar-refractivity contribution in [3.8, 4) is 0 Å². The molecule has 0 aromatic heterocycles. The average molecular weight is 300 g/mol. The Morgan fingerprint density at radius 2 is 2.05 bits per heavy atom. The van der Waals surface area contributed by atoms with E-state index < -0.39 is 0 Å². The van der Waals surface area contributed by atoms with E-state index in [1.807, 2.05) is 56.3 Å². The Hall–Kier alpha value is -2.10. The summed E-state index contributed by atoms with van der Waals surface area (Å²) in [6, 6.07) is 9.59.